The van der Waals surface area contributed by atoms with E-state index in [4.69, 9.17) is 14.2 Å². The van der Waals surface area contributed by atoms with E-state index in [0.29, 0.717) is 13.0 Å². The number of aromatic nitrogens is 2. The van der Waals surface area contributed by atoms with E-state index in [0.717, 1.165) is 6.20 Å². The van der Waals surface area contributed by atoms with Gasteiger partial charge >= 0.3 is 5.69 Å². The molecule has 3 rings (SSSR count). The average molecular weight is 356 g/mol. The summed E-state index contributed by atoms with van der Waals surface area (Å²) in [6.07, 6.45) is 0.813. The zero-order valence-corrected chi connectivity index (χ0v) is 15.2. The number of H-pyrrole nitrogens is 1. The lowest BCUT2D eigenvalue weighted by molar-refractivity contribution is -0.164. The largest absolute Gasteiger partial charge is 0.375 e. The van der Waals surface area contributed by atoms with E-state index in [1.54, 1.807) is 13.8 Å². The van der Waals surface area contributed by atoms with Gasteiger partial charge in [0.15, 0.2) is 5.79 Å². The minimum atomic E-state index is -1.02. The number of halogens is 1. The summed E-state index contributed by atoms with van der Waals surface area (Å²) in [6, 6.07) is -0.431. The molecule has 2 heterocycles. The first-order chi connectivity index (χ1) is 11.5. The molecule has 0 aromatic carbocycles. The molecule has 1 aromatic rings. The summed E-state index contributed by atoms with van der Waals surface area (Å²) in [5, 5.41) is 0. The van der Waals surface area contributed by atoms with Crippen LogP contribution in [-0.4, -0.2) is 39.8 Å². The molecular weight excluding hydrogens is 331 g/mol. The monoisotopic (exact) mass is 356 g/mol. The van der Waals surface area contributed by atoms with Crippen molar-refractivity contribution >= 4 is 0 Å². The molecule has 1 aliphatic carbocycles. The van der Waals surface area contributed by atoms with Gasteiger partial charge in [-0.3, -0.25) is 14.3 Å². The number of nitrogens with zero attached hydrogens (tertiary/aromatic N) is 1. The Balaban J connectivity index is 1.91. The lowest BCUT2D eigenvalue weighted by Gasteiger charge is -2.26. The van der Waals surface area contributed by atoms with Crippen molar-refractivity contribution in [2.24, 2.45) is 5.92 Å². The Hall–Kier alpha value is -1.51. The molecule has 4 atom stereocenters. The Kier molecular flexibility index (Phi) is 4.41. The van der Waals surface area contributed by atoms with Gasteiger partial charge in [-0.1, -0.05) is 0 Å². The first-order valence-electron chi connectivity index (χ1n) is 8.47. The number of hydrogen-bond acceptors (Lipinski definition) is 5. The van der Waals surface area contributed by atoms with Crippen molar-refractivity contribution in [1.29, 1.82) is 0 Å². The van der Waals surface area contributed by atoms with Gasteiger partial charge in [-0.2, -0.15) is 4.39 Å². The van der Waals surface area contributed by atoms with Crippen LogP contribution in [0.5, 0.6) is 0 Å². The molecule has 25 heavy (non-hydrogen) atoms. The molecular formula is C17H25FN2O5. The first kappa shape index (κ1) is 18.3. The van der Waals surface area contributed by atoms with Crippen LogP contribution in [0.2, 0.25) is 0 Å². The van der Waals surface area contributed by atoms with Crippen molar-refractivity contribution in [1.82, 2.24) is 9.55 Å². The van der Waals surface area contributed by atoms with Crippen LogP contribution in [0.4, 0.5) is 4.39 Å². The number of fused-ring (bicyclic) bond motifs is 1. The minimum absolute atomic E-state index is 0.00195. The predicted octanol–water partition coefficient (Wildman–Crippen LogP) is 1.57. The molecule has 1 saturated heterocycles. The van der Waals surface area contributed by atoms with Gasteiger partial charge in [0, 0.05) is 5.92 Å². The van der Waals surface area contributed by atoms with E-state index in [9.17, 15) is 14.0 Å². The Labute approximate surface area is 145 Å². The van der Waals surface area contributed by atoms with E-state index >= 15 is 0 Å². The highest BCUT2D eigenvalue weighted by atomic mass is 19.1. The van der Waals surface area contributed by atoms with Gasteiger partial charge in [0.2, 0.25) is 5.82 Å². The van der Waals surface area contributed by atoms with Crippen molar-refractivity contribution in [2.75, 3.05) is 6.61 Å². The van der Waals surface area contributed by atoms with Crippen LogP contribution in [0.1, 0.15) is 47.1 Å². The van der Waals surface area contributed by atoms with Gasteiger partial charge in [0.25, 0.3) is 5.56 Å². The number of hydrogen-bond donors (Lipinski definition) is 1. The molecule has 0 spiro atoms. The molecule has 2 fully saturated rings. The SMILES string of the molecule is CC(C)(C)OC[C@H]1C[C@@H](n2cc(F)c(=O)[nH]c2=O)C2OC(C)(C)O[C@H]21. The summed E-state index contributed by atoms with van der Waals surface area (Å²) >= 11 is 0. The molecule has 1 aromatic heterocycles. The predicted molar refractivity (Wildman–Crippen MR) is 88.0 cm³/mol. The van der Waals surface area contributed by atoms with Crippen LogP contribution in [0, 0.1) is 11.7 Å². The summed E-state index contributed by atoms with van der Waals surface area (Å²) in [6.45, 7) is 9.96. The maximum Gasteiger partial charge on any atom is 0.328 e. The number of ether oxygens (including phenoxy) is 3. The maximum absolute atomic E-state index is 13.7. The van der Waals surface area contributed by atoms with E-state index in [1.165, 1.54) is 4.57 Å². The van der Waals surface area contributed by atoms with Crippen LogP contribution >= 0.6 is 0 Å². The Morgan fingerprint density at radius 2 is 1.96 bits per heavy atom. The summed E-state index contributed by atoms with van der Waals surface area (Å²) in [5.41, 5.74) is -1.98. The summed E-state index contributed by atoms with van der Waals surface area (Å²) in [5.74, 6) is -1.79. The second kappa shape index (κ2) is 6.03. The molecule has 1 N–H and O–H groups in total. The van der Waals surface area contributed by atoms with Crippen LogP contribution in [0.15, 0.2) is 15.8 Å². The fourth-order valence-corrected chi connectivity index (χ4v) is 3.56. The fraction of sp³-hybridized carbons (Fsp3) is 0.765. The lowest BCUT2D eigenvalue weighted by atomic mass is 10.1. The van der Waals surface area contributed by atoms with E-state index < -0.39 is 35.0 Å². The minimum Gasteiger partial charge on any atom is -0.375 e. The third-order valence-electron chi connectivity index (χ3n) is 4.56. The van der Waals surface area contributed by atoms with Crippen molar-refractivity contribution in [3.63, 3.8) is 0 Å². The molecule has 8 heteroatoms. The average Bonchev–Trinajstić information content (AvgIpc) is 2.93. The molecule has 0 radical (unpaired) electrons. The third-order valence-corrected chi connectivity index (χ3v) is 4.56. The van der Waals surface area contributed by atoms with Crippen molar-refractivity contribution in [2.45, 2.75) is 70.7 Å². The van der Waals surface area contributed by atoms with Gasteiger partial charge in [0.05, 0.1) is 30.6 Å². The van der Waals surface area contributed by atoms with Crippen LogP contribution in [0.3, 0.4) is 0 Å². The highest BCUT2D eigenvalue weighted by molar-refractivity contribution is 5.03. The van der Waals surface area contributed by atoms with Crippen molar-refractivity contribution in [3.8, 4) is 0 Å². The third kappa shape index (κ3) is 3.70. The Morgan fingerprint density at radius 1 is 1.32 bits per heavy atom. The van der Waals surface area contributed by atoms with Gasteiger partial charge in [-0.25, -0.2) is 4.79 Å². The van der Waals surface area contributed by atoms with Gasteiger partial charge in [-0.05, 0) is 41.0 Å². The zero-order chi connectivity index (χ0) is 18.6. The van der Waals surface area contributed by atoms with E-state index in [2.05, 4.69) is 0 Å². The molecule has 2 aliphatic rings. The highest BCUT2D eigenvalue weighted by Crippen LogP contribution is 2.46. The summed E-state index contributed by atoms with van der Waals surface area (Å²) in [7, 11) is 0. The summed E-state index contributed by atoms with van der Waals surface area (Å²) in [4.78, 5) is 25.5. The number of rotatable bonds is 3. The molecule has 0 amide bonds. The molecule has 140 valence electrons. The second-order valence-electron chi connectivity index (χ2n) is 8.19. The van der Waals surface area contributed by atoms with Crippen LogP contribution < -0.4 is 11.2 Å². The van der Waals surface area contributed by atoms with Gasteiger partial charge < -0.3 is 14.2 Å². The molecule has 1 saturated carbocycles. The summed E-state index contributed by atoms with van der Waals surface area (Å²) < 4.78 is 32.8. The normalized spacial score (nSPS) is 31.3. The highest BCUT2D eigenvalue weighted by Gasteiger charge is 2.55. The van der Waals surface area contributed by atoms with E-state index in [1.807, 2.05) is 25.8 Å². The Bertz CT molecular complexity index is 764. The Morgan fingerprint density at radius 3 is 2.60 bits per heavy atom. The lowest BCUT2D eigenvalue weighted by Crippen LogP contribution is -2.38. The van der Waals surface area contributed by atoms with Crippen LogP contribution in [-0.2, 0) is 14.2 Å². The number of aromatic amines is 1. The molecule has 1 aliphatic heterocycles. The second-order valence-corrected chi connectivity index (χ2v) is 8.19. The fourth-order valence-electron chi connectivity index (χ4n) is 3.56. The first-order valence-corrected chi connectivity index (χ1v) is 8.47. The van der Waals surface area contributed by atoms with Crippen molar-refractivity contribution < 1.29 is 18.6 Å². The van der Waals surface area contributed by atoms with Crippen LogP contribution in [0.25, 0.3) is 0 Å². The quantitative estimate of drug-likeness (QED) is 0.889. The van der Waals surface area contributed by atoms with E-state index in [-0.39, 0.29) is 17.6 Å². The molecule has 7 nitrogen and oxygen atoms in total. The maximum atomic E-state index is 13.7. The molecule has 1 unspecified atom stereocenters. The zero-order valence-electron chi connectivity index (χ0n) is 15.2. The smallest absolute Gasteiger partial charge is 0.328 e. The molecule has 0 bridgehead atoms. The van der Waals surface area contributed by atoms with Gasteiger partial charge in [-0.15, -0.1) is 0 Å². The standard InChI is InChI=1S/C17H25FN2O5/c1-16(2,3)23-8-9-6-11(13-12(9)24-17(4,5)25-13)20-7-10(18)14(21)19-15(20)22/h7,9,11-13H,6,8H2,1-5H3,(H,19,21,22)/t9-,11-,12+,13?/m1/s1. The van der Waals surface area contributed by atoms with Crippen molar-refractivity contribution in [3.05, 3.63) is 32.9 Å². The van der Waals surface area contributed by atoms with Gasteiger partial charge in [0.1, 0.15) is 6.10 Å². The topological polar surface area (TPSA) is 82.6 Å². The number of nitrogens with one attached hydrogen (secondary N) is 1.